The quantitative estimate of drug-likeness (QED) is 0.762. The molecular formula is C15H27ClN2O2. The lowest BCUT2D eigenvalue weighted by Gasteiger charge is -2.23. The third-order valence-corrected chi connectivity index (χ3v) is 5.16. The highest BCUT2D eigenvalue weighted by molar-refractivity contribution is 5.85. The molecule has 1 atom stereocenters. The number of hydrogen-bond donors (Lipinski definition) is 2. The monoisotopic (exact) mass is 302 g/mol. The van der Waals surface area contributed by atoms with Gasteiger partial charge in [0.2, 0.25) is 5.91 Å². The van der Waals surface area contributed by atoms with E-state index in [2.05, 4.69) is 10.6 Å². The number of rotatable bonds is 5. The van der Waals surface area contributed by atoms with Crippen molar-refractivity contribution in [1.82, 2.24) is 10.6 Å². The Morgan fingerprint density at radius 3 is 2.65 bits per heavy atom. The van der Waals surface area contributed by atoms with Gasteiger partial charge in [0.25, 0.3) is 0 Å². The van der Waals surface area contributed by atoms with Crippen molar-refractivity contribution in [3.8, 4) is 0 Å². The summed E-state index contributed by atoms with van der Waals surface area (Å²) in [5, 5.41) is 6.43. The average Bonchev–Trinajstić information content (AvgIpc) is 2.89. The van der Waals surface area contributed by atoms with Gasteiger partial charge < -0.3 is 15.4 Å². The SMILES string of the molecule is Cl.O=C(NCCOC1CCCC1)C1CC12CCNCC2. The van der Waals surface area contributed by atoms with Crippen LogP contribution in [0.15, 0.2) is 0 Å². The van der Waals surface area contributed by atoms with E-state index in [0.717, 1.165) is 19.5 Å². The van der Waals surface area contributed by atoms with Crippen LogP contribution in [-0.4, -0.2) is 38.3 Å². The van der Waals surface area contributed by atoms with Crippen LogP contribution in [0.25, 0.3) is 0 Å². The summed E-state index contributed by atoms with van der Waals surface area (Å²) in [4.78, 5) is 12.1. The average molecular weight is 303 g/mol. The molecule has 5 heteroatoms. The molecule has 0 radical (unpaired) electrons. The van der Waals surface area contributed by atoms with E-state index in [1.807, 2.05) is 0 Å². The summed E-state index contributed by atoms with van der Waals surface area (Å²) in [5.41, 5.74) is 0.349. The molecular weight excluding hydrogens is 276 g/mol. The van der Waals surface area contributed by atoms with Crippen molar-refractivity contribution in [3.63, 3.8) is 0 Å². The van der Waals surface area contributed by atoms with E-state index < -0.39 is 0 Å². The van der Waals surface area contributed by atoms with Crippen LogP contribution in [0.5, 0.6) is 0 Å². The van der Waals surface area contributed by atoms with E-state index >= 15 is 0 Å². The molecule has 0 bridgehead atoms. The first-order chi connectivity index (χ1) is 9.30. The second-order valence-electron chi connectivity index (χ2n) is 6.44. The summed E-state index contributed by atoms with van der Waals surface area (Å²) in [6, 6.07) is 0. The Morgan fingerprint density at radius 2 is 1.95 bits per heavy atom. The van der Waals surface area contributed by atoms with Crippen molar-refractivity contribution in [1.29, 1.82) is 0 Å². The van der Waals surface area contributed by atoms with Gasteiger partial charge in [-0.25, -0.2) is 0 Å². The van der Waals surface area contributed by atoms with Crippen molar-refractivity contribution in [2.75, 3.05) is 26.2 Å². The first kappa shape index (κ1) is 16.1. The highest BCUT2D eigenvalue weighted by Gasteiger charge is 2.57. The van der Waals surface area contributed by atoms with Gasteiger partial charge in [0.15, 0.2) is 0 Å². The van der Waals surface area contributed by atoms with Crippen molar-refractivity contribution >= 4 is 18.3 Å². The molecule has 1 saturated heterocycles. The number of ether oxygens (including phenoxy) is 1. The minimum absolute atomic E-state index is 0. The van der Waals surface area contributed by atoms with Gasteiger partial charge >= 0.3 is 0 Å². The lowest BCUT2D eigenvalue weighted by Crippen LogP contribution is -2.35. The summed E-state index contributed by atoms with van der Waals surface area (Å²) < 4.78 is 5.77. The number of halogens is 1. The first-order valence-corrected chi connectivity index (χ1v) is 7.90. The van der Waals surface area contributed by atoms with Gasteiger partial charge in [-0.05, 0) is 50.6 Å². The van der Waals surface area contributed by atoms with Gasteiger partial charge in [0.05, 0.1) is 12.7 Å². The fraction of sp³-hybridized carbons (Fsp3) is 0.933. The Hall–Kier alpha value is -0.320. The smallest absolute Gasteiger partial charge is 0.223 e. The van der Waals surface area contributed by atoms with Gasteiger partial charge in [0, 0.05) is 12.5 Å². The third-order valence-electron chi connectivity index (χ3n) is 5.16. The molecule has 2 aliphatic carbocycles. The highest BCUT2D eigenvalue weighted by Crippen LogP contribution is 2.58. The van der Waals surface area contributed by atoms with Crippen LogP contribution < -0.4 is 10.6 Å². The molecule has 116 valence electrons. The van der Waals surface area contributed by atoms with E-state index in [-0.39, 0.29) is 24.2 Å². The molecule has 1 unspecified atom stereocenters. The maximum atomic E-state index is 12.1. The summed E-state index contributed by atoms with van der Waals surface area (Å²) in [7, 11) is 0. The van der Waals surface area contributed by atoms with E-state index in [1.165, 1.54) is 38.5 Å². The Bertz CT molecular complexity index is 326. The predicted octanol–water partition coefficient (Wildman–Crippen LogP) is 1.87. The summed E-state index contributed by atoms with van der Waals surface area (Å²) in [6.45, 7) is 3.51. The van der Waals surface area contributed by atoms with Gasteiger partial charge in [-0.1, -0.05) is 12.8 Å². The van der Waals surface area contributed by atoms with Crippen molar-refractivity contribution in [2.45, 2.75) is 51.0 Å². The molecule has 1 amide bonds. The molecule has 0 aromatic heterocycles. The minimum atomic E-state index is 0. The molecule has 1 aliphatic heterocycles. The van der Waals surface area contributed by atoms with Crippen LogP contribution in [0.4, 0.5) is 0 Å². The van der Waals surface area contributed by atoms with Crippen molar-refractivity contribution in [3.05, 3.63) is 0 Å². The summed E-state index contributed by atoms with van der Waals surface area (Å²) in [5.74, 6) is 0.540. The molecule has 4 nitrogen and oxygen atoms in total. The Kier molecular flexibility index (Phi) is 5.70. The fourth-order valence-electron chi connectivity index (χ4n) is 3.77. The topological polar surface area (TPSA) is 50.4 Å². The standard InChI is InChI=1S/C15H26N2O2.ClH/c18-14(13-11-15(13)5-7-16-8-6-15)17-9-10-19-12-3-1-2-4-12;/h12-13,16H,1-11H2,(H,17,18);1H. The van der Waals surface area contributed by atoms with Gasteiger partial charge in [-0.3, -0.25) is 4.79 Å². The summed E-state index contributed by atoms with van der Waals surface area (Å²) >= 11 is 0. The zero-order valence-corrected chi connectivity index (χ0v) is 13.0. The van der Waals surface area contributed by atoms with E-state index in [4.69, 9.17) is 4.74 Å². The minimum Gasteiger partial charge on any atom is -0.376 e. The summed E-state index contributed by atoms with van der Waals surface area (Å²) in [6.07, 6.45) is 8.90. The van der Waals surface area contributed by atoms with E-state index in [0.29, 0.717) is 24.7 Å². The number of carbonyl (C=O) groups is 1. The molecule has 1 heterocycles. The van der Waals surface area contributed by atoms with Crippen LogP contribution >= 0.6 is 12.4 Å². The molecule has 2 N–H and O–H groups in total. The molecule has 3 aliphatic rings. The van der Waals surface area contributed by atoms with E-state index in [9.17, 15) is 4.79 Å². The number of piperidine rings is 1. The van der Waals surface area contributed by atoms with Gasteiger partial charge in [0.1, 0.15) is 0 Å². The van der Waals surface area contributed by atoms with Crippen molar-refractivity contribution in [2.24, 2.45) is 11.3 Å². The number of amides is 1. The maximum Gasteiger partial charge on any atom is 0.223 e. The predicted molar refractivity (Wildman–Crippen MR) is 81.1 cm³/mol. The first-order valence-electron chi connectivity index (χ1n) is 7.90. The van der Waals surface area contributed by atoms with Crippen LogP contribution in [0.3, 0.4) is 0 Å². The number of hydrogen-bond acceptors (Lipinski definition) is 3. The molecule has 0 aromatic carbocycles. The maximum absolute atomic E-state index is 12.1. The molecule has 2 saturated carbocycles. The molecule has 3 fully saturated rings. The van der Waals surface area contributed by atoms with Crippen LogP contribution in [-0.2, 0) is 9.53 Å². The van der Waals surface area contributed by atoms with Crippen molar-refractivity contribution < 1.29 is 9.53 Å². The van der Waals surface area contributed by atoms with Crippen LogP contribution in [0, 0.1) is 11.3 Å². The second kappa shape index (κ2) is 7.10. The molecule has 20 heavy (non-hydrogen) atoms. The number of nitrogens with one attached hydrogen (secondary N) is 2. The Balaban J connectivity index is 0.00000147. The molecule has 0 aromatic rings. The van der Waals surface area contributed by atoms with Crippen LogP contribution in [0.2, 0.25) is 0 Å². The zero-order valence-electron chi connectivity index (χ0n) is 12.2. The second-order valence-corrected chi connectivity index (χ2v) is 6.44. The van der Waals surface area contributed by atoms with Crippen LogP contribution in [0.1, 0.15) is 44.9 Å². The zero-order chi connectivity index (χ0) is 13.1. The molecule has 1 spiro atoms. The van der Waals surface area contributed by atoms with Gasteiger partial charge in [-0.2, -0.15) is 0 Å². The number of carbonyl (C=O) groups excluding carboxylic acids is 1. The Labute approximate surface area is 127 Å². The lowest BCUT2D eigenvalue weighted by atomic mass is 9.92. The fourth-order valence-corrected chi connectivity index (χ4v) is 3.77. The normalized spacial score (nSPS) is 28.1. The molecule has 3 rings (SSSR count). The van der Waals surface area contributed by atoms with E-state index in [1.54, 1.807) is 0 Å². The lowest BCUT2D eigenvalue weighted by molar-refractivity contribution is -0.123. The Morgan fingerprint density at radius 1 is 1.25 bits per heavy atom. The van der Waals surface area contributed by atoms with Gasteiger partial charge in [-0.15, -0.1) is 12.4 Å². The largest absolute Gasteiger partial charge is 0.376 e. The third kappa shape index (κ3) is 3.66. The highest BCUT2D eigenvalue weighted by atomic mass is 35.5.